The van der Waals surface area contributed by atoms with Gasteiger partial charge in [0.2, 0.25) is 0 Å². The standard InChI is InChI=1S/C15H23N3S/c1-5-7-14(15-8-6-9-19-15)16-11(2)13-10-18(4)17-12(13)3/h6,8-11,14,16H,5,7H2,1-4H3. The van der Waals surface area contributed by atoms with E-state index in [2.05, 4.69) is 54.9 Å². The van der Waals surface area contributed by atoms with Crippen LogP contribution in [0.1, 0.15) is 54.9 Å². The first-order valence-electron chi connectivity index (χ1n) is 6.91. The predicted octanol–water partition coefficient (Wildman–Crippen LogP) is 3.98. The van der Waals surface area contributed by atoms with Gasteiger partial charge >= 0.3 is 0 Å². The van der Waals surface area contributed by atoms with E-state index in [1.807, 2.05) is 23.1 Å². The molecule has 0 radical (unpaired) electrons. The number of nitrogens with zero attached hydrogens (tertiary/aromatic N) is 2. The Kier molecular flexibility index (Phi) is 4.77. The number of aryl methyl sites for hydroxylation is 2. The van der Waals surface area contributed by atoms with Crippen molar-refractivity contribution in [2.24, 2.45) is 7.05 Å². The summed E-state index contributed by atoms with van der Waals surface area (Å²) < 4.78 is 1.89. The van der Waals surface area contributed by atoms with Crippen molar-refractivity contribution in [1.29, 1.82) is 0 Å². The molecule has 2 aromatic heterocycles. The fourth-order valence-electron chi connectivity index (χ4n) is 2.52. The molecule has 2 aromatic rings. The summed E-state index contributed by atoms with van der Waals surface area (Å²) in [7, 11) is 1.98. The zero-order chi connectivity index (χ0) is 13.8. The maximum atomic E-state index is 4.43. The average molecular weight is 277 g/mol. The molecule has 104 valence electrons. The van der Waals surface area contributed by atoms with E-state index in [0.717, 1.165) is 5.69 Å². The first-order chi connectivity index (χ1) is 9.11. The monoisotopic (exact) mass is 277 g/mol. The topological polar surface area (TPSA) is 29.9 Å². The van der Waals surface area contributed by atoms with Crippen LogP contribution in [0, 0.1) is 6.92 Å². The highest BCUT2D eigenvalue weighted by molar-refractivity contribution is 7.10. The average Bonchev–Trinajstić information content (AvgIpc) is 2.98. The van der Waals surface area contributed by atoms with Crippen LogP contribution in [0.3, 0.4) is 0 Å². The largest absolute Gasteiger partial charge is 0.302 e. The number of rotatable bonds is 6. The maximum absolute atomic E-state index is 4.43. The second-order valence-electron chi connectivity index (χ2n) is 5.09. The lowest BCUT2D eigenvalue weighted by molar-refractivity contribution is 0.444. The van der Waals surface area contributed by atoms with Gasteiger partial charge in [-0.15, -0.1) is 11.3 Å². The molecule has 2 rings (SSSR count). The molecule has 4 heteroatoms. The second-order valence-corrected chi connectivity index (χ2v) is 6.07. The predicted molar refractivity (Wildman–Crippen MR) is 81.5 cm³/mol. The van der Waals surface area contributed by atoms with Crippen LogP contribution in [-0.2, 0) is 7.05 Å². The van der Waals surface area contributed by atoms with Gasteiger partial charge in [0.1, 0.15) is 0 Å². The summed E-state index contributed by atoms with van der Waals surface area (Å²) in [5, 5.41) is 10.3. The Hall–Kier alpha value is -1.13. The van der Waals surface area contributed by atoms with Crippen molar-refractivity contribution < 1.29 is 0 Å². The number of hydrogen-bond acceptors (Lipinski definition) is 3. The quantitative estimate of drug-likeness (QED) is 0.865. The van der Waals surface area contributed by atoms with Crippen LogP contribution in [0.4, 0.5) is 0 Å². The molecular weight excluding hydrogens is 254 g/mol. The van der Waals surface area contributed by atoms with Gasteiger partial charge in [-0.3, -0.25) is 4.68 Å². The molecule has 2 unspecified atom stereocenters. The van der Waals surface area contributed by atoms with Crippen LogP contribution in [-0.4, -0.2) is 9.78 Å². The van der Waals surface area contributed by atoms with Gasteiger partial charge in [0.15, 0.2) is 0 Å². The summed E-state index contributed by atoms with van der Waals surface area (Å²) in [6, 6.07) is 5.12. The fraction of sp³-hybridized carbons (Fsp3) is 0.533. The van der Waals surface area contributed by atoms with E-state index >= 15 is 0 Å². The van der Waals surface area contributed by atoms with Crippen molar-refractivity contribution in [1.82, 2.24) is 15.1 Å². The van der Waals surface area contributed by atoms with Crippen LogP contribution in [0.25, 0.3) is 0 Å². The van der Waals surface area contributed by atoms with Gasteiger partial charge in [0.05, 0.1) is 5.69 Å². The van der Waals surface area contributed by atoms with Gasteiger partial charge in [-0.25, -0.2) is 0 Å². The molecule has 19 heavy (non-hydrogen) atoms. The summed E-state index contributed by atoms with van der Waals surface area (Å²) in [6.07, 6.45) is 4.48. The molecule has 0 amide bonds. The van der Waals surface area contributed by atoms with E-state index in [0.29, 0.717) is 12.1 Å². The van der Waals surface area contributed by atoms with Gasteiger partial charge in [0.25, 0.3) is 0 Å². The van der Waals surface area contributed by atoms with Crippen molar-refractivity contribution in [3.8, 4) is 0 Å². The SMILES string of the molecule is CCCC(NC(C)c1cn(C)nc1C)c1cccs1. The maximum Gasteiger partial charge on any atom is 0.0641 e. The molecular formula is C15H23N3S. The van der Waals surface area contributed by atoms with E-state index in [1.54, 1.807) is 0 Å². The Labute approximate surface area is 119 Å². The molecule has 0 aliphatic rings. The summed E-state index contributed by atoms with van der Waals surface area (Å²) in [5.74, 6) is 0. The molecule has 0 spiro atoms. The van der Waals surface area contributed by atoms with Crippen molar-refractivity contribution in [3.05, 3.63) is 39.8 Å². The Morgan fingerprint density at radius 2 is 2.26 bits per heavy atom. The molecule has 0 bridgehead atoms. The third kappa shape index (κ3) is 3.45. The summed E-state index contributed by atoms with van der Waals surface area (Å²) in [4.78, 5) is 1.43. The Bertz CT molecular complexity index is 501. The van der Waals surface area contributed by atoms with Crippen molar-refractivity contribution in [3.63, 3.8) is 0 Å². The highest BCUT2D eigenvalue weighted by Crippen LogP contribution is 2.27. The van der Waals surface area contributed by atoms with Crippen molar-refractivity contribution in [2.45, 2.75) is 45.7 Å². The lowest BCUT2D eigenvalue weighted by Crippen LogP contribution is -2.24. The zero-order valence-electron chi connectivity index (χ0n) is 12.2. The van der Waals surface area contributed by atoms with Crippen molar-refractivity contribution >= 4 is 11.3 Å². The summed E-state index contributed by atoms with van der Waals surface area (Å²) >= 11 is 1.83. The lowest BCUT2D eigenvalue weighted by Gasteiger charge is -2.22. The van der Waals surface area contributed by atoms with Crippen LogP contribution >= 0.6 is 11.3 Å². The Morgan fingerprint density at radius 1 is 1.47 bits per heavy atom. The second kappa shape index (κ2) is 6.35. The van der Waals surface area contributed by atoms with Crippen LogP contribution in [0.15, 0.2) is 23.7 Å². The summed E-state index contributed by atoms with van der Waals surface area (Å²) in [5.41, 5.74) is 2.41. The van der Waals surface area contributed by atoms with Gasteiger partial charge < -0.3 is 5.32 Å². The lowest BCUT2D eigenvalue weighted by atomic mass is 10.1. The highest BCUT2D eigenvalue weighted by Gasteiger charge is 2.18. The molecule has 3 nitrogen and oxygen atoms in total. The zero-order valence-corrected chi connectivity index (χ0v) is 13.0. The van der Waals surface area contributed by atoms with E-state index in [-0.39, 0.29) is 0 Å². The van der Waals surface area contributed by atoms with Gasteiger partial charge in [0, 0.05) is 35.8 Å². The molecule has 0 saturated heterocycles. The van der Waals surface area contributed by atoms with Crippen molar-refractivity contribution in [2.75, 3.05) is 0 Å². The fourth-order valence-corrected chi connectivity index (χ4v) is 3.34. The molecule has 2 heterocycles. The molecule has 0 aromatic carbocycles. The first-order valence-corrected chi connectivity index (χ1v) is 7.79. The minimum Gasteiger partial charge on any atom is -0.302 e. The van der Waals surface area contributed by atoms with Gasteiger partial charge in [-0.05, 0) is 31.7 Å². The molecule has 2 atom stereocenters. The van der Waals surface area contributed by atoms with Gasteiger partial charge in [-0.1, -0.05) is 19.4 Å². The van der Waals surface area contributed by atoms with E-state index in [1.165, 1.54) is 23.3 Å². The molecule has 1 N–H and O–H groups in total. The van der Waals surface area contributed by atoms with Gasteiger partial charge in [-0.2, -0.15) is 5.10 Å². The third-order valence-corrected chi connectivity index (χ3v) is 4.42. The smallest absolute Gasteiger partial charge is 0.0641 e. The normalized spacial score (nSPS) is 14.5. The molecule has 0 saturated carbocycles. The molecule has 0 aliphatic heterocycles. The highest BCUT2D eigenvalue weighted by atomic mass is 32.1. The van der Waals surface area contributed by atoms with Crippen LogP contribution in [0.5, 0.6) is 0 Å². The Balaban J connectivity index is 2.11. The third-order valence-electron chi connectivity index (χ3n) is 3.43. The molecule has 0 aliphatic carbocycles. The van der Waals surface area contributed by atoms with Crippen LogP contribution < -0.4 is 5.32 Å². The number of thiophene rings is 1. The number of nitrogens with one attached hydrogen (secondary N) is 1. The molecule has 0 fully saturated rings. The first kappa shape index (κ1) is 14.3. The number of aromatic nitrogens is 2. The van der Waals surface area contributed by atoms with Crippen LogP contribution in [0.2, 0.25) is 0 Å². The summed E-state index contributed by atoms with van der Waals surface area (Å²) in [6.45, 7) is 6.54. The van der Waals surface area contributed by atoms with E-state index in [9.17, 15) is 0 Å². The van der Waals surface area contributed by atoms with E-state index in [4.69, 9.17) is 0 Å². The minimum atomic E-state index is 0.326. The minimum absolute atomic E-state index is 0.326. The number of hydrogen-bond donors (Lipinski definition) is 1. The van der Waals surface area contributed by atoms with E-state index < -0.39 is 0 Å². The Morgan fingerprint density at radius 3 is 2.79 bits per heavy atom.